The van der Waals surface area contributed by atoms with Gasteiger partial charge in [0.05, 0.1) is 7.11 Å². The van der Waals surface area contributed by atoms with Crippen LogP contribution in [0.25, 0.3) is 0 Å². The lowest BCUT2D eigenvalue weighted by molar-refractivity contribution is 0.385. The van der Waals surface area contributed by atoms with Crippen molar-refractivity contribution in [3.8, 4) is 5.88 Å². The molecule has 0 aliphatic carbocycles. The Balaban J connectivity index is 2.96. The minimum Gasteiger partial charge on any atom is -0.481 e. The lowest BCUT2D eigenvalue weighted by Crippen LogP contribution is -2.26. The highest BCUT2D eigenvalue weighted by molar-refractivity contribution is 5.28. The first-order chi connectivity index (χ1) is 5.79. The highest BCUT2D eigenvalue weighted by atomic mass is 16.5. The third-order valence-corrected chi connectivity index (χ3v) is 1.71. The van der Waals surface area contributed by atoms with Gasteiger partial charge in [-0.25, -0.2) is 4.98 Å². The number of ether oxygens (including phenoxy) is 1. The molecule has 66 valence electrons. The third kappa shape index (κ3) is 1.72. The first-order valence-electron chi connectivity index (χ1n) is 3.74. The van der Waals surface area contributed by atoms with E-state index in [0.29, 0.717) is 5.88 Å². The van der Waals surface area contributed by atoms with Crippen LogP contribution in [-0.4, -0.2) is 12.1 Å². The molecule has 4 heteroatoms. The molecule has 0 fully saturated rings. The fourth-order valence-corrected chi connectivity index (χ4v) is 0.993. The largest absolute Gasteiger partial charge is 0.481 e. The topological polar surface area (TPSA) is 60.2 Å². The van der Waals surface area contributed by atoms with E-state index in [0.717, 1.165) is 5.56 Å². The number of hydrogen-bond donors (Lipinski definition) is 2. The van der Waals surface area contributed by atoms with Crippen LogP contribution < -0.4 is 16.0 Å². The summed E-state index contributed by atoms with van der Waals surface area (Å²) in [5.74, 6) is 5.91. The van der Waals surface area contributed by atoms with Crippen LogP contribution >= 0.6 is 0 Å². The van der Waals surface area contributed by atoms with Crippen LogP contribution in [0.4, 0.5) is 0 Å². The molecule has 1 unspecified atom stereocenters. The molecule has 1 rings (SSSR count). The summed E-state index contributed by atoms with van der Waals surface area (Å²) in [7, 11) is 1.59. The summed E-state index contributed by atoms with van der Waals surface area (Å²) in [6.07, 6.45) is 1.69. The smallest absolute Gasteiger partial charge is 0.217 e. The Morgan fingerprint density at radius 2 is 2.42 bits per heavy atom. The third-order valence-electron chi connectivity index (χ3n) is 1.71. The highest BCUT2D eigenvalue weighted by Crippen LogP contribution is 2.20. The summed E-state index contributed by atoms with van der Waals surface area (Å²) in [6.45, 7) is 1.94. The maximum atomic E-state index is 5.29. The molecule has 0 aliphatic heterocycles. The molecule has 0 spiro atoms. The molecule has 0 aromatic carbocycles. The molecule has 0 saturated carbocycles. The minimum atomic E-state index is 0.0497. The van der Waals surface area contributed by atoms with Crippen LogP contribution in [0.15, 0.2) is 18.3 Å². The van der Waals surface area contributed by atoms with Gasteiger partial charge in [-0.05, 0) is 13.0 Å². The Morgan fingerprint density at radius 3 is 3.00 bits per heavy atom. The zero-order chi connectivity index (χ0) is 8.97. The van der Waals surface area contributed by atoms with Gasteiger partial charge in [-0.15, -0.1) is 0 Å². The summed E-state index contributed by atoms with van der Waals surface area (Å²) in [5.41, 5.74) is 3.60. The average Bonchev–Trinajstić information content (AvgIpc) is 2.16. The standard InChI is InChI=1S/C8H13N3O/c1-6(11-9)7-4-3-5-10-8(7)12-2/h3-6,11H,9H2,1-2H3. The summed E-state index contributed by atoms with van der Waals surface area (Å²) in [6, 6.07) is 3.83. The minimum absolute atomic E-state index is 0.0497. The molecule has 3 N–H and O–H groups in total. The first-order valence-corrected chi connectivity index (χ1v) is 3.74. The van der Waals surface area contributed by atoms with E-state index in [-0.39, 0.29) is 6.04 Å². The molecular formula is C8H13N3O. The van der Waals surface area contributed by atoms with Crippen LogP contribution in [0.3, 0.4) is 0 Å². The molecule has 12 heavy (non-hydrogen) atoms. The van der Waals surface area contributed by atoms with Gasteiger partial charge in [0.1, 0.15) is 0 Å². The van der Waals surface area contributed by atoms with Gasteiger partial charge in [-0.2, -0.15) is 0 Å². The Morgan fingerprint density at radius 1 is 1.67 bits per heavy atom. The Kier molecular flexibility index (Phi) is 3.01. The monoisotopic (exact) mass is 167 g/mol. The van der Waals surface area contributed by atoms with E-state index < -0.39 is 0 Å². The van der Waals surface area contributed by atoms with E-state index in [9.17, 15) is 0 Å². The molecule has 0 amide bonds. The number of nitrogens with one attached hydrogen (secondary N) is 1. The van der Waals surface area contributed by atoms with Crippen molar-refractivity contribution in [3.63, 3.8) is 0 Å². The van der Waals surface area contributed by atoms with Gasteiger partial charge in [-0.1, -0.05) is 6.07 Å². The van der Waals surface area contributed by atoms with Crippen molar-refractivity contribution in [2.75, 3.05) is 7.11 Å². The summed E-state index contributed by atoms with van der Waals surface area (Å²) in [4.78, 5) is 4.05. The zero-order valence-corrected chi connectivity index (χ0v) is 7.24. The van der Waals surface area contributed by atoms with Crippen molar-refractivity contribution in [2.45, 2.75) is 13.0 Å². The van der Waals surface area contributed by atoms with Gasteiger partial charge < -0.3 is 4.74 Å². The molecule has 4 nitrogen and oxygen atoms in total. The second kappa shape index (κ2) is 4.04. The number of methoxy groups -OCH3 is 1. The molecular weight excluding hydrogens is 154 g/mol. The van der Waals surface area contributed by atoms with Gasteiger partial charge in [-0.3, -0.25) is 11.3 Å². The van der Waals surface area contributed by atoms with Crippen molar-refractivity contribution < 1.29 is 4.74 Å². The summed E-state index contributed by atoms with van der Waals surface area (Å²) < 4.78 is 5.06. The normalized spacial score (nSPS) is 12.6. The van der Waals surface area contributed by atoms with Crippen LogP contribution in [-0.2, 0) is 0 Å². The van der Waals surface area contributed by atoms with Crippen molar-refractivity contribution in [2.24, 2.45) is 5.84 Å². The predicted molar refractivity (Wildman–Crippen MR) is 46.5 cm³/mol. The Labute approximate surface area is 71.7 Å². The van der Waals surface area contributed by atoms with Gasteiger partial charge in [0.15, 0.2) is 0 Å². The molecule has 0 saturated heterocycles. The van der Waals surface area contributed by atoms with Crippen LogP contribution in [0.2, 0.25) is 0 Å². The SMILES string of the molecule is COc1ncccc1C(C)NN. The van der Waals surface area contributed by atoms with Crippen LogP contribution in [0.1, 0.15) is 18.5 Å². The van der Waals surface area contributed by atoms with Crippen molar-refractivity contribution >= 4 is 0 Å². The number of nitrogens with two attached hydrogens (primary N) is 1. The van der Waals surface area contributed by atoms with Crippen molar-refractivity contribution in [1.82, 2.24) is 10.4 Å². The molecule has 1 aromatic heterocycles. The zero-order valence-electron chi connectivity index (χ0n) is 7.24. The molecule has 0 radical (unpaired) electrons. The summed E-state index contributed by atoms with van der Waals surface area (Å²) in [5, 5.41) is 0. The maximum Gasteiger partial charge on any atom is 0.217 e. The first kappa shape index (κ1) is 8.96. The van der Waals surface area contributed by atoms with E-state index >= 15 is 0 Å². The number of nitrogens with zero attached hydrogens (tertiary/aromatic N) is 1. The predicted octanol–water partition coefficient (Wildman–Crippen LogP) is 0.615. The van der Waals surface area contributed by atoms with E-state index in [1.54, 1.807) is 13.3 Å². The molecule has 1 aromatic rings. The summed E-state index contributed by atoms with van der Waals surface area (Å²) >= 11 is 0. The molecule has 1 atom stereocenters. The lowest BCUT2D eigenvalue weighted by Gasteiger charge is -2.12. The molecule has 1 heterocycles. The van der Waals surface area contributed by atoms with Crippen LogP contribution in [0.5, 0.6) is 5.88 Å². The number of rotatable bonds is 3. The average molecular weight is 167 g/mol. The number of pyridine rings is 1. The fourth-order valence-electron chi connectivity index (χ4n) is 0.993. The Hall–Kier alpha value is -1.13. The van der Waals surface area contributed by atoms with E-state index in [1.165, 1.54) is 0 Å². The van der Waals surface area contributed by atoms with E-state index in [2.05, 4.69) is 10.4 Å². The fraction of sp³-hybridized carbons (Fsp3) is 0.375. The quantitative estimate of drug-likeness (QED) is 0.511. The number of hydrazine groups is 1. The molecule has 0 aliphatic rings. The van der Waals surface area contributed by atoms with Crippen LogP contribution in [0, 0.1) is 0 Å². The van der Waals surface area contributed by atoms with Gasteiger partial charge in [0.2, 0.25) is 5.88 Å². The number of hydrogen-bond acceptors (Lipinski definition) is 4. The van der Waals surface area contributed by atoms with Crippen molar-refractivity contribution in [1.29, 1.82) is 0 Å². The lowest BCUT2D eigenvalue weighted by atomic mass is 10.1. The van der Waals surface area contributed by atoms with E-state index in [4.69, 9.17) is 10.6 Å². The highest BCUT2D eigenvalue weighted by Gasteiger charge is 2.08. The second-order valence-corrected chi connectivity index (χ2v) is 2.49. The maximum absolute atomic E-state index is 5.29. The van der Waals surface area contributed by atoms with Crippen molar-refractivity contribution in [3.05, 3.63) is 23.9 Å². The molecule has 0 bridgehead atoms. The van der Waals surface area contributed by atoms with Gasteiger partial charge in [0.25, 0.3) is 0 Å². The second-order valence-electron chi connectivity index (χ2n) is 2.49. The van der Waals surface area contributed by atoms with E-state index in [1.807, 2.05) is 19.1 Å². The van der Waals surface area contributed by atoms with Gasteiger partial charge in [0, 0.05) is 17.8 Å². The Bertz CT molecular complexity index is 252. The number of aromatic nitrogens is 1. The van der Waals surface area contributed by atoms with Gasteiger partial charge >= 0.3 is 0 Å².